The molecule has 0 saturated carbocycles. The maximum atomic E-state index is 5.73. The van der Waals surface area contributed by atoms with Gasteiger partial charge in [-0.05, 0) is 5.92 Å². The predicted octanol–water partition coefficient (Wildman–Crippen LogP) is 2.31. The Hall–Kier alpha value is -1.49. The summed E-state index contributed by atoms with van der Waals surface area (Å²) in [4.78, 5) is 12.8. The minimum atomic E-state index is 0.342. The Balaban J connectivity index is 2.49. The highest BCUT2D eigenvalue weighted by atomic mass is 32.1. The maximum absolute atomic E-state index is 5.73. The van der Waals surface area contributed by atoms with Crippen molar-refractivity contribution in [1.29, 1.82) is 0 Å². The van der Waals surface area contributed by atoms with Crippen LogP contribution in [-0.4, -0.2) is 15.0 Å². The minimum absolute atomic E-state index is 0.342. The topological polar surface area (TPSA) is 64.7 Å². The average molecular weight is 220 g/mol. The van der Waals surface area contributed by atoms with Gasteiger partial charge in [-0.15, -0.1) is 11.3 Å². The van der Waals surface area contributed by atoms with Crippen LogP contribution in [0, 0.1) is 0 Å². The van der Waals surface area contributed by atoms with E-state index in [1.807, 2.05) is 11.4 Å². The standard InChI is InChI=1S/C10H12N4S/c1-6(2)7-5-8(11)14-9(13-7)10-12-3-4-15-10/h3-6H,1-2H3,(H2,11,13,14). The van der Waals surface area contributed by atoms with Crippen molar-refractivity contribution in [2.45, 2.75) is 19.8 Å². The summed E-state index contributed by atoms with van der Waals surface area (Å²) in [5.74, 6) is 1.46. The third-order valence-corrected chi connectivity index (χ3v) is 2.75. The number of hydrogen-bond acceptors (Lipinski definition) is 5. The number of rotatable bonds is 2. The highest BCUT2D eigenvalue weighted by molar-refractivity contribution is 7.12. The first kappa shape index (κ1) is 10.0. The van der Waals surface area contributed by atoms with Gasteiger partial charge < -0.3 is 5.73 Å². The van der Waals surface area contributed by atoms with Crippen LogP contribution in [-0.2, 0) is 0 Å². The molecule has 15 heavy (non-hydrogen) atoms. The van der Waals surface area contributed by atoms with Gasteiger partial charge in [-0.3, -0.25) is 0 Å². The number of nitrogens with zero attached hydrogens (tertiary/aromatic N) is 3. The van der Waals surface area contributed by atoms with Gasteiger partial charge in [0, 0.05) is 23.3 Å². The third kappa shape index (κ3) is 2.12. The van der Waals surface area contributed by atoms with Crippen LogP contribution in [0.3, 0.4) is 0 Å². The first-order valence-electron chi connectivity index (χ1n) is 4.71. The average Bonchev–Trinajstić information content (AvgIpc) is 2.69. The van der Waals surface area contributed by atoms with Crippen molar-refractivity contribution >= 4 is 17.2 Å². The van der Waals surface area contributed by atoms with Crippen LogP contribution < -0.4 is 5.73 Å². The Bertz CT molecular complexity index is 450. The van der Waals surface area contributed by atoms with E-state index in [4.69, 9.17) is 5.73 Å². The second-order valence-corrected chi connectivity index (χ2v) is 4.43. The lowest BCUT2D eigenvalue weighted by molar-refractivity contribution is 0.818. The fourth-order valence-corrected chi connectivity index (χ4v) is 1.78. The molecule has 2 heterocycles. The zero-order valence-electron chi connectivity index (χ0n) is 8.64. The predicted molar refractivity (Wildman–Crippen MR) is 61.6 cm³/mol. The van der Waals surface area contributed by atoms with Crippen molar-refractivity contribution in [1.82, 2.24) is 15.0 Å². The van der Waals surface area contributed by atoms with Gasteiger partial charge in [-0.2, -0.15) is 0 Å². The molecular weight excluding hydrogens is 208 g/mol. The summed E-state index contributed by atoms with van der Waals surface area (Å²) in [5, 5.41) is 2.71. The van der Waals surface area contributed by atoms with Crippen molar-refractivity contribution < 1.29 is 0 Å². The highest BCUT2D eigenvalue weighted by Gasteiger charge is 2.09. The van der Waals surface area contributed by atoms with Crippen LogP contribution >= 0.6 is 11.3 Å². The molecule has 0 unspecified atom stereocenters. The summed E-state index contributed by atoms with van der Waals surface area (Å²) in [5.41, 5.74) is 6.68. The van der Waals surface area contributed by atoms with Crippen LogP contribution in [0.5, 0.6) is 0 Å². The molecule has 0 atom stereocenters. The molecule has 78 valence electrons. The van der Waals surface area contributed by atoms with E-state index in [-0.39, 0.29) is 0 Å². The monoisotopic (exact) mass is 220 g/mol. The fourth-order valence-electron chi connectivity index (χ4n) is 1.21. The Morgan fingerprint density at radius 3 is 2.73 bits per heavy atom. The zero-order valence-corrected chi connectivity index (χ0v) is 9.45. The molecule has 2 rings (SSSR count). The summed E-state index contributed by atoms with van der Waals surface area (Å²) in [6, 6.07) is 1.81. The van der Waals surface area contributed by atoms with E-state index in [9.17, 15) is 0 Å². The summed E-state index contributed by atoms with van der Waals surface area (Å²) >= 11 is 1.51. The molecule has 0 fully saturated rings. The molecule has 0 amide bonds. The molecule has 0 aliphatic rings. The molecular formula is C10H12N4S. The van der Waals surface area contributed by atoms with E-state index in [1.165, 1.54) is 11.3 Å². The van der Waals surface area contributed by atoms with Gasteiger partial charge in [0.1, 0.15) is 5.82 Å². The second-order valence-electron chi connectivity index (χ2n) is 3.53. The van der Waals surface area contributed by atoms with Gasteiger partial charge in [-0.1, -0.05) is 13.8 Å². The Morgan fingerprint density at radius 1 is 1.33 bits per heavy atom. The van der Waals surface area contributed by atoms with Gasteiger partial charge in [-0.25, -0.2) is 15.0 Å². The smallest absolute Gasteiger partial charge is 0.190 e. The lowest BCUT2D eigenvalue weighted by atomic mass is 10.1. The number of aromatic nitrogens is 3. The van der Waals surface area contributed by atoms with E-state index in [1.54, 1.807) is 6.20 Å². The van der Waals surface area contributed by atoms with E-state index < -0.39 is 0 Å². The number of nitrogen functional groups attached to an aromatic ring is 1. The van der Waals surface area contributed by atoms with E-state index >= 15 is 0 Å². The van der Waals surface area contributed by atoms with Crippen LogP contribution in [0.15, 0.2) is 17.6 Å². The van der Waals surface area contributed by atoms with Gasteiger partial charge in [0.05, 0.1) is 0 Å². The number of thiazole rings is 1. The van der Waals surface area contributed by atoms with Crippen molar-refractivity contribution in [2.24, 2.45) is 0 Å². The SMILES string of the molecule is CC(C)c1cc(N)nc(-c2nccs2)n1. The molecule has 0 spiro atoms. The fraction of sp³-hybridized carbons (Fsp3) is 0.300. The first-order valence-corrected chi connectivity index (χ1v) is 5.59. The summed E-state index contributed by atoms with van der Waals surface area (Å²) < 4.78 is 0. The van der Waals surface area contributed by atoms with Gasteiger partial charge >= 0.3 is 0 Å². The molecule has 0 bridgehead atoms. The van der Waals surface area contributed by atoms with Gasteiger partial charge in [0.25, 0.3) is 0 Å². The van der Waals surface area contributed by atoms with E-state index in [0.717, 1.165) is 10.7 Å². The highest BCUT2D eigenvalue weighted by Crippen LogP contribution is 2.21. The van der Waals surface area contributed by atoms with Crippen LogP contribution in [0.2, 0.25) is 0 Å². The van der Waals surface area contributed by atoms with Crippen LogP contribution in [0.25, 0.3) is 10.8 Å². The largest absolute Gasteiger partial charge is 0.384 e. The molecule has 5 heteroatoms. The van der Waals surface area contributed by atoms with E-state index in [2.05, 4.69) is 28.8 Å². The Kier molecular flexibility index (Phi) is 2.64. The Morgan fingerprint density at radius 2 is 2.13 bits per heavy atom. The third-order valence-electron chi connectivity index (χ3n) is 1.98. The lowest BCUT2D eigenvalue weighted by Gasteiger charge is -2.06. The molecule has 0 aliphatic heterocycles. The molecule has 0 saturated heterocycles. The van der Waals surface area contributed by atoms with Gasteiger partial charge in [0.2, 0.25) is 0 Å². The van der Waals surface area contributed by atoms with Gasteiger partial charge in [0.15, 0.2) is 10.8 Å². The molecule has 0 radical (unpaired) electrons. The zero-order chi connectivity index (χ0) is 10.8. The summed E-state index contributed by atoms with van der Waals surface area (Å²) in [7, 11) is 0. The normalized spacial score (nSPS) is 10.9. The van der Waals surface area contributed by atoms with Crippen molar-refractivity contribution in [2.75, 3.05) is 5.73 Å². The first-order chi connectivity index (χ1) is 7.16. The lowest BCUT2D eigenvalue weighted by Crippen LogP contribution is -2.01. The van der Waals surface area contributed by atoms with Crippen LogP contribution in [0.1, 0.15) is 25.5 Å². The quantitative estimate of drug-likeness (QED) is 0.843. The molecule has 0 aliphatic carbocycles. The number of nitrogens with two attached hydrogens (primary N) is 1. The van der Waals surface area contributed by atoms with Crippen LogP contribution in [0.4, 0.5) is 5.82 Å². The molecule has 2 aromatic rings. The minimum Gasteiger partial charge on any atom is -0.384 e. The van der Waals surface area contributed by atoms with Crippen molar-refractivity contribution in [3.63, 3.8) is 0 Å². The van der Waals surface area contributed by atoms with Crippen molar-refractivity contribution in [3.05, 3.63) is 23.3 Å². The number of hydrogen-bond donors (Lipinski definition) is 1. The Labute approximate surface area is 92.2 Å². The van der Waals surface area contributed by atoms with Crippen molar-refractivity contribution in [3.8, 4) is 10.8 Å². The molecule has 4 nitrogen and oxygen atoms in total. The maximum Gasteiger partial charge on any atom is 0.190 e. The summed E-state index contributed by atoms with van der Waals surface area (Å²) in [6.45, 7) is 4.15. The second kappa shape index (κ2) is 3.94. The molecule has 0 aromatic carbocycles. The summed E-state index contributed by atoms with van der Waals surface area (Å²) in [6.07, 6.45) is 1.74. The number of anilines is 1. The molecule has 2 aromatic heterocycles. The molecule has 2 N–H and O–H groups in total. The van der Waals surface area contributed by atoms with E-state index in [0.29, 0.717) is 17.6 Å².